The lowest BCUT2D eigenvalue weighted by atomic mass is 10.1. The summed E-state index contributed by atoms with van der Waals surface area (Å²) < 4.78 is 0. The van der Waals surface area contributed by atoms with Crippen LogP contribution in [-0.4, -0.2) is 12.8 Å². The van der Waals surface area contributed by atoms with Crippen LogP contribution >= 0.6 is 0 Å². The second-order valence-electron chi connectivity index (χ2n) is 5.23. The topological polar surface area (TPSA) is 15.6 Å². The molecule has 0 aliphatic rings. The Kier molecular flexibility index (Phi) is 15.5. The molecule has 2 heteroatoms. The average molecular weight is 391 g/mol. The van der Waals surface area contributed by atoms with Crippen molar-refractivity contribution in [3.63, 3.8) is 0 Å². The van der Waals surface area contributed by atoms with Crippen molar-refractivity contribution in [1.29, 1.82) is 0 Å². The van der Waals surface area contributed by atoms with Crippen molar-refractivity contribution in [3.8, 4) is 0 Å². The van der Waals surface area contributed by atoms with Gasteiger partial charge in [-0.05, 0) is 48.9 Å². The summed E-state index contributed by atoms with van der Waals surface area (Å²) in [4.78, 5) is 6.55. The Hall–Kier alpha value is -2.87. The molecule has 0 amide bonds. The van der Waals surface area contributed by atoms with Gasteiger partial charge >= 0.3 is 0 Å². The molecule has 0 N–H and O–H groups in total. The van der Waals surface area contributed by atoms with E-state index in [1.165, 1.54) is 0 Å². The molecule has 0 saturated carbocycles. The summed E-state index contributed by atoms with van der Waals surface area (Å²) in [7, 11) is 0. The number of hydrogen-bond donors (Lipinski definition) is 0. The lowest BCUT2D eigenvalue weighted by Gasteiger charge is -2.25. The molecule has 29 heavy (non-hydrogen) atoms. The predicted molar refractivity (Wildman–Crippen MR) is 133 cm³/mol. The van der Waals surface area contributed by atoms with Gasteiger partial charge in [-0.2, -0.15) is 0 Å². The highest BCUT2D eigenvalue weighted by molar-refractivity contribution is 5.82. The first-order chi connectivity index (χ1) is 14.4. The SMILES string of the molecule is CC.CC.CC.CCN=Cc1ccc(N(c2ccccc2)c2ccccc2)cc1. The van der Waals surface area contributed by atoms with Crippen LogP contribution in [0.3, 0.4) is 0 Å². The zero-order valence-electron chi connectivity index (χ0n) is 19.3. The van der Waals surface area contributed by atoms with E-state index < -0.39 is 0 Å². The summed E-state index contributed by atoms with van der Waals surface area (Å²) in [5.41, 5.74) is 4.55. The van der Waals surface area contributed by atoms with Crippen LogP contribution in [0.5, 0.6) is 0 Å². The molecule has 0 unspecified atom stereocenters. The fourth-order valence-corrected chi connectivity index (χ4v) is 2.51. The molecule has 0 aliphatic carbocycles. The van der Waals surface area contributed by atoms with Gasteiger partial charge in [0, 0.05) is 29.8 Å². The van der Waals surface area contributed by atoms with Gasteiger partial charge in [0.05, 0.1) is 0 Å². The maximum atomic E-state index is 4.29. The number of hydrogen-bond acceptors (Lipinski definition) is 2. The summed E-state index contributed by atoms with van der Waals surface area (Å²) in [6, 6.07) is 29.3. The summed E-state index contributed by atoms with van der Waals surface area (Å²) in [5.74, 6) is 0. The first-order valence-electron chi connectivity index (χ1n) is 10.9. The highest BCUT2D eigenvalue weighted by Gasteiger charge is 2.11. The minimum atomic E-state index is 0.807. The molecule has 3 aromatic rings. The van der Waals surface area contributed by atoms with Crippen LogP contribution in [0.25, 0.3) is 0 Å². The Balaban J connectivity index is 0.00000120. The van der Waals surface area contributed by atoms with E-state index in [4.69, 9.17) is 0 Å². The molecule has 0 aliphatic heterocycles. The molecule has 0 radical (unpaired) electrons. The third kappa shape index (κ3) is 8.78. The number of rotatable bonds is 5. The Morgan fingerprint density at radius 3 is 1.34 bits per heavy atom. The lowest BCUT2D eigenvalue weighted by Crippen LogP contribution is -2.09. The molecule has 0 aromatic heterocycles. The zero-order valence-corrected chi connectivity index (χ0v) is 19.3. The second-order valence-corrected chi connectivity index (χ2v) is 5.23. The number of benzene rings is 3. The molecule has 0 atom stereocenters. The maximum absolute atomic E-state index is 4.29. The van der Waals surface area contributed by atoms with Gasteiger partial charge in [0.1, 0.15) is 0 Å². The van der Waals surface area contributed by atoms with Crippen LogP contribution in [0, 0.1) is 0 Å². The Bertz CT molecular complexity index is 708. The first kappa shape index (κ1) is 26.1. The molecule has 0 spiro atoms. The van der Waals surface area contributed by atoms with Crippen molar-refractivity contribution < 1.29 is 0 Å². The van der Waals surface area contributed by atoms with Gasteiger partial charge in [0.2, 0.25) is 0 Å². The molecule has 0 bridgehead atoms. The van der Waals surface area contributed by atoms with Gasteiger partial charge in [0.15, 0.2) is 0 Å². The molecular formula is C27H38N2. The van der Waals surface area contributed by atoms with Crippen LogP contribution < -0.4 is 4.90 Å². The van der Waals surface area contributed by atoms with Crippen molar-refractivity contribution in [3.05, 3.63) is 90.5 Å². The van der Waals surface area contributed by atoms with Crippen molar-refractivity contribution >= 4 is 23.3 Å². The standard InChI is InChI=1S/C21H20N2.3C2H6/c1-2-22-17-18-13-15-21(16-14-18)23(19-9-5-3-6-10-19)20-11-7-4-8-12-20;3*1-2/h3-17H,2H2,1H3;3*1-2H3. The van der Waals surface area contributed by atoms with Crippen LogP contribution in [-0.2, 0) is 0 Å². The molecule has 0 heterocycles. The Morgan fingerprint density at radius 2 is 0.966 bits per heavy atom. The second kappa shape index (κ2) is 17.2. The van der Waals surface area contributed by atoms with Gasteiger partial charge in [-0.25, -0.2) is 0 Å². The van der Waals surface area contributed by atoms with E-state index in [-0.39, 0.29) is 0 Å². The summed E-state index contributed by atoms with van der Waals surface area (Å²) in [6.07, 6.45) is 1.92. The highest BCUT2D eigenvalue weighted by atomic mass is 15.1. The number of para-hydroxylation sites is 2. The quantitative estimate of drug-likeness (QED) is 0.398. The van der Waals surface area contributed by atoms with Gasteiger partial charge in [0.25, 0.3) is 0 Å². The van der Waals surface area contributed by atoms with Crippen LogP contribution in [0.4, 0.5) is 17.1 Å². The number of nitrogens with zero attached hydrogens (tertiary/aromatic N) is 2. The minimum absolute atomic E-state index is 0.807. The molecule has 3 rings (SSSR count). The zero-order chi connectivity index (χ0) is 21.9. The first-order valence-corrected chi connectivity index (χ1v) is 10.9. The largest absolute Gasteiger partial charge is 0.311 e. The van der Waals surface area contributed by atoms with E-state index in [0.717, 1.165) is 29.2 Å². The third-order valence-electron chi connectivity index (χ3n) is 3.60. The normalized spacial score (nSPS) is 9.21. The minimum Gasteiger partial charge on any atom is -0.311 e. The summed E-state index contributed by atoms with van der Waals surface area (Å²) >= 11 is 0. The average Bonchev–Trinajstić information content (AvgIpc) is 2.84. The molecule has 2 nitrogen and oxygen atoms in total. The van der Waals surface area contributed by atoms with E-state index >= 15 is 0 Å². The predicted octanol–water partition coefficient (Wildman–Crippen LogP) is 8.67. The third-order valence-corrected chi connectivity index (χ3v) is 3.60. The number of anilines is 3. The lowest BCUT2D eigenvalue weighted by molar-refractivity contribution is 1.14. The van der Waals surface area contributed by atoms with Gasteiger partial charge in [-0.1, -0.05) is 90.1 Å². The van der Waals surface area contributed by atoms with Crippen molar-refractivity contribution in [2.75, 3.05) is 11.4 Å². The molecule has 3 aromatic carbocycles. The maximum Gasteiger partial charge on any atom is 0.0462 e. The van der Waals surface area contributed by atoms with Gasteiger partial charge < -0.3 is 4.90 Å². The van der Waals surface area contributed by atoms with E-state index in [9.17, 15) is 0 Å². The molecular weight excluding hydrogens is 352 g/mol. The van der Waals surface area contributed by atoms with E-state index in [1.807, 2.05) is 66.8 Å². The van der Waals surface area contributed by atoms with Crippen molar-refractivity contribution in [2.45, 2.75) is 48.5 Å². The summed E-state index contributed by atoms with van der Waals surface area (Å²) in [6.45, 7) is 14.8. The molecule has 156 valence electrons. The van der Waals surface area contributed by atoms with Crippen LogP contribution in [0.15, 0.2) is 89.9 Å². The number of aliphatic imine (C=N–C) groups is 1. The van der Waals surface area contributed by atoms with Gasteiger partial charge in [-0.15, -0.1) is 0 Å². The van der Waals surface area contributed by atoms with E-state index in [0.29, 0.717) is 0 Å². The summed E-state index contributed by atoms with van der Waals surface area (Å²) in [5, 5.41) is 0. The fraction of sp³-hybridized carbons (Fsp3) is 0.296. The fourth-order valence-electron chi connectivity index (χ4n) is 2.51. The van der Waals surface area contributed by atoms with E-state index in [1.54, 1.807) is 0 Å². The Labute approximate surface area is 179 Å². The van der Waals surface area contributed by atoms with Crippen molar-refractivity contribution in [1.82, 2.24) is 0 Å². The Morgan fingerprint density at radius 1 is 0.586 bits per heavy atom. The monoisotopic (exact) mass is 390 g/mol. The highest BCUT2D eigenvalue weighted by Crippen LogP contribution is 2.33. The van der Waals surface area contributed by atoms with Gasteiger partial charge in [-0.3, -0.25) is 4.99 Å². The van der Waals surface area contributed by atoms with Crippen LogP contribution in [0.1, 0.15) is 54.0 Å². The smallest absolute Gasteiger partial charge is 0.0462 e. The van der Waals surface area contributed by atoms with E-state index in [2.05, 4.69) is 82.7 Å². The van der Waals surface area contributed by atoms with Crippen LogP contribution in [0.2, 0.25) is 0 Å². The van der Waals surface area contributed by atoms with Crippen molar-refractivity contribution in [2.24, 2.45) is 4.99 Å². The molecule has 0 saturated heterocycles. The molecule has 0 fully saturated rings.